The minimum absolute atomic E-state index is 0. The maximum absolute atomic E-state index is 0. The average Bonchev–Trinajstić information content (AvgIpc) is 0. The van der Waals surface area contributed by atoms with Crippen molar-refractivity contribution in [2.75, 3.05) is 0 Å². The van der Waals surface area contributed by atoms with Crippen LogP contribution in [0.25, 0.3) is 0 Å². The third kappa shape index (κ3) is 9.96. The van der Waals surface area contributed by atoms with E-state index in [4.69, 9.17) is 0 Å². The van der Waals surface area contributed by atoms with E-state index in [1.807, 2.05) is 0 Å². The molecule has 0 aliphatic rings. The molecule has 0 unspecified atom stereocenters. The Balaban J connectivity index is 0. The number of rotatable bonds is 0. The van der Waals surface area contributed by atoms with Gasteiger partial charge < -0.3 is 0 Å². The Morgan fingerprint density at radius 1 is 1.00 bits per heavy atom. The van der Waals surface area contributed by atoms with Crippen LogP contribution in [0.4, 0.5) is 0 Å². The first-order chi connectivity index (χ1) is 0. The fourth-order valence-corrected chi connectivity index (χ4v) is 0. The predicted octanol–water partition coefficient (Wildman–Crippen LogP) is -3.93. The van der Waals surface area contributed by atoms with Crippen molar-refractivity contribution in [2.45, 2.75) is 0 Å². The third-order valence-corrected chi connectivity index (χ3v) is 0. The zero-order valence-corrected chi connectivity index (χ0v) is 0. The average molecular weight is 301 g/mol. The molecule has 0 atom stereocenters. The molecule has 0 heterocycles. The van der Waals surface area contributed by atoms with E-state index in [1.165, 1.54) is 0 Å². The maximum atomic E-state index is 0. The zero-order chi connectivity index (χ0) is 0. The summed E-state index contributed by atoms with van der Waals surface area (Å²) in [4.78, 5) is 0. The predicted molar refractivity (Wildman–Crippen MR) is 35.6 cm³/mol. The van der Waals surface area contributed by atoms with Gasteiger partial charge in [-0.2, -0.15) is 0 Å². The van der Waals surface area contributed by atoms with Crippen LogP contribution in [0.5, 0.6) is 0 Å². The molecule has 0 rings (SSSR count). The van der Waals surface area contributed by atoms with Gasteiger partial charge in [-0.1, -0.05) is 0 Å². The second-order valence-corrected chi connectivity index (χ2v) is 0. The van der Waals surface area contributed by atoms with Crippen LogP contribution < -0.4 is 0 Å². The standard InChI is InChI=1S/Al.Ba.Ca.Sr.9H. The molecule has 0 radical (unpaired) electrons. The molecule has 4 heavy (non-hydrogen) atoms. The summed E-state index contributed by atoms with van der Waals surface area (Å²) in [5.74, 6) is 0. The van der Waals surface area contributed by atoms with E-state index in [2.05, 4.69) is 0 Å². The quantitative estimate of drug-likeness (QED) is 0.401. The van der Waals surface area contributed by atoms with Gasteiger partial charge in [-0.15, -0.1) is 0 Å². The van der Waals surface area contributed by atoms with Crippen molar-refractivity contribution in [3.63, 3.8) is 0 Å². The zero-order valence-electron chi connectivity index (χ0n) is 0. The topological polar surface area (TPSA) is 0 Å². The van der Waals surface area contributed by atoms with Crippen molar-refractivity contribution in [2.24, 2.45) is 0 Å². The second-order valence-electron chi connectivity index (χ2n) is 0. The number of hydrogen-bond donors (Lipinski definition) is 0. The van der Waals surface area contributed by atoms with E-state index in [9.17, 15) is 0 Å². The van der Waals surface area contributed by atoms with E-state index in [0.717, 1.165) is 0 Å². The van der Waals surface area contributed by atoms with Gasteiger partial charge >= 0.3 is 132 Å². The molecule has 0 aromatic rings. The number of hydrogen-bond acceptors (Lipinski definition) is 0. The molecule has 0 fully saturated rings. The van der Waals surface area contributed by atoms with Crippen molar-refractivity contribution >= 4 is 149 Å². The molecule has 0 aromatic carbocycles. The molecule has 0 aromatic heterocycles. The molecule has 0 saturated carbocycles. The van der Waals surface area contributed by atoms with Crippen molar-refractivity contribution in [3.8, 4) is 0 Å². The summed E-state index contributed by atoms with van der Waals surface area (Å²) in [5, 5.41) is 0. The van der Waals surface area contributed by atoms with Crippen LogP contribution in [0.15, 0.2) is 0 Å². The Labute approximate surface area is 144 Å². The van der Waals surface area contributed by atoms with Gasteiger partial charge in [0.1, 0.15) is 0 Å². The van der Waals surface area contributed by atoms with Crippen LogP contribution in [-0.2, 0) is 0 Å². The SMILES string of the molecule is [AlH3].[BaH2].[CaH2].[SrH2]. The van der Waals surface area contributed by atoms with Crippen LogP contribution in [0.1, 0.15) is 0 Å². The first-order valence-corrected chi connectivity index (χ1v) is 0. The van der Waals surface area contributed by atoms with Gasteiger partial charge in [-0.3, -0.25) is 0 Å². The fourth-order valence-electron chi connectivity index (χ4n) is 0. The van der Waals surface area contributed by atoms with E-state index in [-0.39, 0.29) is 149 Å². The Morgan fingerprint density at radius 3 is 1.00 bits per heavy atom. The second kappa shape index (κ2) is 15.7. The van der Waals surface area contributed by atoms with Gasteiger partial charge in [0, 0.05) is 0 Å². The van der Waals surface area contributed by atoms with E-state index < -0.39 is 0 Å². The van der Waals surface area contributed by atoms with E-state index in [1.54, 1.807) is 0 Å². The van der Waals surface area contributed by atoms with Crippen molar-refractivity contribution in [1.82, 2.24) is 0 Å². The van der Waals surface area contributed by atoms with Crippen LogP contribution in [0.2, 0.25) is 0 Å². The molecular formula is H9AlBaCaSr. The summed E-state index contributed by atoms with van der Waals surface area (Å²) in [7, 11) is 0. The third-order valence-electron chi connectivity index (χ3n) is 0. The Hall–Kier alpha value is 4.84. The van der Waals surface area contributed by atoms with Gasteiger partial charge in [-0.05, 0) is 0 Å². The first-order valence-electron chi connectivity index (χ1n) is 0. The summed E-state index contributed by atoms with van der Waals surface area (Å²) >= 11 is 0. The Kier molecular flexibility index (Phi) is 90.8. The molecule has 4 heteroatoms. The molecule has 0 N–H and O–H groups in total. The molecule has 0 bridgehead atoms. The summed E-state index contributed by atoms with van der Waals surface area (Å²) in [6, 6.07) is 0. The van der Waals surface area contributed by atoms with E-state index >= 15 is 0 Å². The van der Waals surface area contributed by atoms with Crippen LogP contribution in [0.3, 0.4) is 0 Å². The van der Waals surface area contributed by atoms with Crippen molar-refractivity contribution in [1.29, 1.82) is 0 Å². The summed E-state index contributed by atoms with van der Waals surface area (Å²) in [6.45, 7) is 0. The molecule has 0 spiro atoms. The first kappa shape index (κ1) is 23.2. The Morgan fingerprint density at radius 2 is 1.00 bits per heavy atom. The monoisotopic (exact) mass is 302 g/mol. The molecule has 18 valence electrons. The molecule has 0 aliphatic heterocycles. The molecule has 0 amide bonds. The van der Waals surface area contributed by atoms with Crippen LogP contribution in [0, 0.1) is 0 Å². The summed E-state index contributed by atoms with van der Waals surface area (Å²) in [5.41, 5.74) is 0. The van der Waals surface area contributed by atoms with Gasteiger partial charge in [-0.25, -0.2) is 0 Å². The molecule has 0 nitrogen and oxygen atoms in total. The molecule has 0 aliphatic carbocycles. The van der Waals surface area contributed by atoms with Gasteiger partial charge in [0.2, 0.25) is 0 Å². The van der Waals surface area contributed by atoms with Gasteiger partial charge in [0.15, 0.2) is 17.4 Å². The van der Waals surface area contributed by atoms with Gasteiger partial charge in [0.05, 0.1) is 0 Å². The van der Waals surface area contributed by atoms with Crippen molar-refractivity contribution in [3.05, 3.63) is 0 Å². The van der Waals surface area contributed by atoms with E-state index in [0.29, 0.717) is 0 Å². The van der Waals surface area contributed by atoms with Gasteiger partial charge in [0.25, 0.3) is 0 Å². The summed E-state index contributed by atoms with van der Waals surface area (Å²) < 4.78 is 0. The van der Waals surface area contributed by atoms with Crippen LogP contribution in [-0.4, -0.2) is 149 Å². The van der Waals surface area contributed by atoms with Crippen LogP contribution >= 0.6 is 0 Å². The normalized spacial score (nSPS) is 0. The fraction of sp³-hybridized carbons (Fsp3) is 0. The molecule has 0 saturated heterocycles. The van der Waals surface area contributed by atoms with Crippen molar-refractivity contribution < 1.29 is 0 Å². The molecular weight excluding hydrogens is 292 g/mol. The Bertz CT molecular complexity index is 8.00. The minimum atomic E-state index is 0. The summed E-state index contributed by atoms with van der Waals surface area (Å²) in [6.07, 6.45) is 0.